The first-order valence-corrected chi connectivity index (χ1v) is 8.25. The van der Waals surface area contributed by atoms with Crippen molar-refractivity contribution in [2.24, 2.45) is 0 Å². The van der Waals surface area contributed by atoms with E-state index < -0.39 is 0 Å². The van der Waals surface area contributed by atoms with Crippen LogP contribution >= 0.6 is 0 Å². The van der Waals surface area contributed by atoms with E-state index in [1.165, 1.54) is 6.07 Å². The average Bonchev–Trinajstić information content (AvgIpc) is 2.67. The highest BCUT2D eigenvalue weighted by atomic mass is 16.5. The maximum absolute atomic E-state index is 12.0. The summed E-state index contributed by atoms with van der Waals surface area (Å²) in [6, 6.07) is 16.6. The van der Waals surface area contributed by atoms with E-state index in [2.05, 4.69) is 15.3 Å². The van der Waals surface area contributed by atoms with Gasteiger partial charge in [-0.25, -0.2) is 4.98 Å². The minimum atomic E-state index is -0.213. The third kappa shape index (κ3) is 4.03. The van der Waals surface area contributed by atoms with E-state index >= 15 is 0 Å². The molecule has 3 rings (SSSR count). The Bertz CT molecular complexity index is 918. The fourth-order valence-corrected chi connectivity index (χ4v) is 2.62. The molecule has 134 valence electrons. The summed E-state index contributed by atoms with van der Waals surface area (Å²) in [5.41, 5.74) is 2.29. The Labute approximate surface area is 151 Å². The number of nitrogens with zero attached hydrogens (tertiary/aromatic N) is 1. The van der Waals surface area contributed by atoms with Crippen LogP contribution in [0.1, 0.15) is 18.5 Å². The number of hydrogen-bond donors (Lipinski definition) is 2. The second-order valence-corrected chi connectivity index (χ2v) is 5.85. The lowest BCUT2D eigenvalue weighted by molar-refractivity contribution is 0.414. The molecule has 0 aliphatic carbocycles. The Morgan fingerprint density at radius 3 is 2.12 bits per heavy atom. The van der Waals surface area contributed by atoms with E-state index in [0.717, 1.165) is 22.6 Å². The van der Waals surface area contributed by atoms with Crippen LogP contribution in [0.25, 0.3) is 11.3 Å². The monoisotopic (exact) mass is 351 g/mol. The molecule has 3 aromatic rings. The maximum Gasteiger partial charge on any atom is 0.252 e. The zero-order chi connectivity index (χ0) is 18.5. The van der Waals surface area contributed by atoms with Crippen LogP contribution in [-0.2, 0) is 0 Å². The molecule has 0 amide bonds. The number of aromatic amines is 1. The van der Waals surface area contributed by atoms with Gasteiger partial charge in [0.15, 0.2) is 0 Å². The minimum absolute atomic E-state index is 0.0322. The predicted molar refractivity (Wildman–Crippen MR) is 102 cm³/mol. The van der Waals surface area contributed by atoms with E-state index in [1.807, 2.05) is 55.5 Å². The molecule has 1 atom stereocenters. The van der Waals surface area contributed by atoms with Crippen LogP contribution in [0, 0.1) is 0 Å². The Morgan fingerprint density at radius 2 is 1.54 bits per heavy atom. The van der Waals surface area contributed by atoms with Gasteiger partial charge in [-0.3, -0.25) is 9.78 Å². The van der Waals surface area contributed by atoms with Crippen LogP contribution in [0.15, 0.2) is 59.4 Å². The van der Waals surface area contributed by atoms with Gasteiger partial charge < -0.3 is 14.8 Å². The van der Waals surface area contributed by atoms with Crippen molar-refractivity contribution in [3.63, 3.8) is 0 Å². The van der Waals surface area contributed by atoms with E-state index in [4.69, 9.17) is 9.47 Å². The third-order valence-corrected chi connectivity index (χ3v) is 4.10. The van der Waals surface area contributed by atoms with E-state index in [9.17, 15) is 4.79 Å². The first-order valence-electron chi connectivity index (χ1n) is 8.25. The molecule has 1 heterocycles. The smallest absolute Gasteiger partial charge is 0.252 e. The van der Waals surface area contributed by atoms with Gasteiger partial charge in [-0.1, -0.05) is 12.1 Å². The lowest BCUT2D eigenvalue weighted by Gasteiger charge is -2.15. The predicted octanol–water partition coefficient (Wildman–Crippen LogP) is 3.63. The normalized spacial score (nSPS) is 11.7. The van der Waals surface area contributed by atoms with Crippen molar-refractivity contribution in [2.45, 2.75) is 13.0 Å². The van der Waals surface area contributed by atoms with Crippen molar-refractivity contribution >= 4 is 5.95 Å². The summed E-state index contributed by atoms with van der Waals surface area (Å²) in [7, 11) is 3.25. The Kier molecular flexibility index (Phi) is 5.22. The highest BCUT2D eigenvalue weighted by Gasteiger charge is 2.09. The summed E-state index contributed by atoms with van der Waals surface area (Å²) in [6.45, 7) is 2.00. The molecule has 0 spiro atoms. The van der Waals surface area contributed by atoms with Crippen molar-refractivity contribution in [3.8, 4) is 22.8 Å². The average molecular weight is 351 g/mol. The van der Waals surface area contributed by atoms with Crippen LogP contribution < -0.4 is 20.3 Å². The van der Waals surface area contributed by atoms with Crippen LogP contribution in [0.3, 0.4) is 0 Å². The first kappa shape index (κ1) is 17.5. The molecule has 0 radical (unpaired) electrons. The Hall–Kier alpha value is -3.28. The maximum atomic E-state index is 12.0. The van der Waals surface area contributed by atoms with Crippen molar-refractivity contribution in [1.82, 2.24) is 9.97 Å². The van der Waals surface area contributed by atoms with Crippen molar-refractivity contribution in [2.75, 3.05) is 19.5 Å². The van der Waals surface area contributed by atoms with E-state index in [-0.39, 0.29) is 11.6 Å². The zero-order valence-electron chi connectivity index (χ0n) is 14.9. The fourth-order valence-electron chi connectivity index (χ4n) is 2.62. The summed E-state index contributed by atoms with van der Waals surface area (Å²) in [5.74, 6) is 1.98. The number of nitrogens with one attached hydrogen (secondary N) is 2. The largest absolute Gasteiger partial charge is 0.497 e. The standard InChI is InChI=1S/C20H21N3O3/c1-13(14-4-8-16(25-2)9-5-14)21-20-22-18(12-19(24)23-20)15-6-10-17(26-3)11-7-15/h4-13H,1-3H3,(H2,21,22,23,24). The lowest BCUT2D eigenvalue weighted by Crippen LogP contribution is -2.15. The molecule has 6 nitrogen and oxygen atoms in total. The van der Waals surface area contributed by atoms with Gasteiger partial charge in [0.2, 0.25) is 5.95 Å². The molecular formula is C20H21N3O3. The summed E-state index contributed by atoms with van der Waals surface area (Å²) in [5, 5.41) is 3.24. The van der Waals surface area contributed by atoms with Gasteiger partial charge in [-0.05, 0) is 48.9 Å². The van der Waals surface area contributed by atoms with Crippen LogP contribution in [0.5, 0.6) is 11.5 Å². The number of ether oxygens (including phenoxy) is 2. The molecule has 0 bridgehead atoms. The molecule has 6 heteroatoms. The van der Waals surface area contributed by atoms with Crippen molar-refractivity contribution < 1.29 is 9.47 Å². The van der Waals surface area contributed by atoms with Gasteiger partial charge >= 0.3 is 0 Å². The highest BCUT2D eigenvalue weighted by molar-refractivity contribution is 5.61. The molecule has 0 aliphatic heterocycles. The van der Waals surface area contributed by atoms with E-state index in [1.54, 1.807) is 14.2 Å². The van der Waals surface area contributed by atoms with E-state index in [0.29, 0.717) is 11.6 Å². The number of anilines is 1. The van der Waals surface area contributed by atoms with Crippen LogP contribution in [-0.4, -0.2) is 24.2 Å². The third-order valence-electron chi connectivity index (χ3n) is 4.10. The van der Waals surface area contributed by atoms with Crippen molar-refractivity contribution in [3.05, 3.63) is 70.5 Å². The molecule has 1 aromatic heterocycles. The molecule has 1 unspecified atom stereocenters. The van der Waals surface area contributed by atoms with Crippen molar-refractivity contribution in [1.29, 1.82) is 0 Å². The molecule has 0 aliphatic rings. The second-order valence-electron chi connectivity index (χ2n) is 5.85. The number of rotatable bonds is 6. The van der Waals surface area contributed by atoms with Gasteiger partial charge in [0.1, 0.15) is 11.5 Å². The quantitative estimate of drug-likeness (QED) is 0.709. The first-order chi connectivity index (χ1) is 12.6. The highest BCUT2D eigenvalue weighted by Crippen LogP contribution is 2.22. The number of aromatic nitrogens is 2. The summed E-state index contributed by atoms with van der Waals surface area (Å²) in [6.07, 6.45) is 0. The van der Waals surface area contributed by atoms with Gasteiger partial charge in [0, 0.05) is 11.6 Å². The number of benzene rings is 2. The number of hydrogen-bond acceptors (Lipinski definition) is 5. The summed E-state index contributed by atoms with van der Waals surface area (Å²) in [4.78, 5) is 19.3. The molecule has 0 saturated carbocycles. The molecule has 0 fully saturated rings. The zero-order valence-corrected chi connectivity index (χ0v) is 14.9. The molecule has 0 saturated heterocycles. The van der Waals surface area contributed by atoms with Crippen LogP contribution in [0.4, 0.5) is 5.95 Å². The topological polar surface area (TPSA) is 76.2 Å². The molecule has 2 aromatic carbocycles. The Morgan fingerprint density at radius 1 is 0.962 bits per heavy atom. The molecule has 26 heavy (non-hydrogen) atoms. The lowest BCUT2D eigenvalue weighted by atomic mass is 10.1. The SMILES string of the molecule is COc1ccc(-c2cc(=O)[nH]c(NC(C)c3ccc(OC)cc3)n2)cc1. The van der Waals surface area contributed by atoms with Gasteiger partial charge in [0.25, 0.3) is 5.56 Å². The molecular weight excluding hydrogens is 330 g/mol. The minimum Gasteiger partial charge on any atom is -0.497 e. The second kappa shape index (κ2) is 7.74. The summed E-state index contributed by atoms with van der Waals surface area (Å²) < 4.78 is 10.3. The van der Waals surface area contributed by atoms with Gasteiger partial charge in [-0.2, -0.15) is 0 Å². The summed E-state index contributed by atoms with van der Waals surface area (Å²) >= 11 is 0. The number of H-pyrrole nitrogens is 1. The molecule has 2 N–H and O–H groups in total. The van der Waals surface area contributed by atoms with Gasteiger partial charge in [0.05, 0.1) is 26.0 Å². The number of methoxy groups -OCH3 is 2. The fraction of sp³-hybridized carbons (Fsp3) is 0.200. The van der Waals surface area contributed by atoms with Gasteiger partial charge in [-0.15, -0.1) is 0 Å². The van der Waals surface area contributed by atoms with Crippen LogP contribution in [0.2, 0.25) is 0 Å². The Balaban J connectivity index is 1.83.